The number of Topliss-reactive ketones (excluding diaryl/α,β-unsaturated/α-hetero) is 3. The number of ether oxygens (including phenoxy) is 4. The molecular formula is C48H60BrI3N4O9S. The van der Waals surface area contributed by atoms with Crippen molar-refractivity contribution < 1.29 is 64.8 Å². The number of carbonyl (C=O) groups excluding carboxylic acids is 4. The van der Waals surface area contributed by atoms with Crippen LogP contribution in [0.5, 0.6) is 23.0 Å². The first-order chi connectivity index (χ1) is 30.7. The molecule has 0 saturated carbocycles. The van der Waals surface area contributed by atoms with Crippen LogP contribution in [0.15, 0.2) is 91.0 Å². The summed E-state index contributed by atoms with van der Waals surface area (Å²) in [7, 11) is 3.91. The lowest BCUT2D eigenvalue weighted by Crippen LogP contribution is -3.00. The summed E-state index contributed by atoms with van der Waals surface area (Å²) in [5.41, 5.74) is 5.77. The van der Waals surface area contributed by atoms with E-state index in [2.05, 4.69) is 109 Å². The Bertz CT molecular complexity index is 2210. The molecule has 2 aliphatic heterocycles. The number of hydrogen-bond donors (Lipinski definition) is 1. The zero-order chi connectivity index (χ0) is 46.9. The number of thiazole rings is 1. The zero-order valence-corrected chi connectivity index (χ0v) is 46.0. The van der Waals surface area contributed by atoms with Crippen molar-refractivity contribution in [1.29, 1.82) is 0 Å². The first-order valence-electron chi connectivity index (χ1n) is 20.6. The Balaban J connectivity index is 0.000000440. The van der Waals surface area contributed by atoms with Crippen LogP contribution in [0.3, 0.4) is 0 Å². The van der Waals surface area contributed by atoms with Crippen molar-refractivity contribution in [2.24, 2.45) is 0 Å². The molecule has 0 unspecified atom stereocenters. The SMILES string of the molecule is C.CCC(I)(I)I.CC[n+]1csc(CCO)c1C.CN(C)CCC(=O)c1ccc2c(c1)OCCO2.O=C(CCC(=O)c1ccc2c(c1)OCCO2)c1cccnc1.O=Cc1cccnc1.[Br-]. The first-order valence-corrected chi connectivity index (χ1v) is 24.7. The van der Waals surface area contributed by atoms with Gasteiger partial charge in [0.25, 0.3) is 0 Å². The maximum Gasteiger partial charge on any atom is 0.225 e. The number of halogens is 4. The molecule has 66 heavy (non-hydrogen) atoms. The summed E-state index contributed by atoms with van der Waals surface area (Å²) in [5.74, 6) is 2.58. The average Bonchev–Trinajstić information content (AvgIpc) is 3.68. The lowest BCUT2D eigenvalue weighted by molar-refractivity contribution is -0.694. The number of rotatable bonds is 14. The standard InChI is InChI=1S/C17H15NO4.C13H17NO3.C8H14NOS.C6H5NO.C3H5I3.CH4.BrH/c19-14(4-5-15(20)13-2-1-7-18-11-13)12-3-6-16-17(10-12)22-9-8-21-16;1-14(2)6-5-11(15)10-3-4-12-13(9-10)17-8-7-16-12;1-3-9-6-11-8(4-5-10)7(9)2;8-5-6-2-1-3-7-4-6;1-2-3(4,5)6;;/h1-3,6-7,10-11H,4-5,8-9H2;3-4,9H,5-8H2,1-2H3;6,10H,3-5H2,1-2H3;1-5H;2H2,1H3;1H4;1H/q;;+1;;;;/p-1. The van der Waals surface area contributed by atoms with E-state index in [0.29, 0.717) is 71.8 Å². The highest BCUT2D eigenvalue weighted by molar-refractivity contribution is 14.3. The molecule has 0 atom stereocenters. The molecule has 0 radical (unpaired) electrons. The highest BCUT2D eigenvalue weighted by atomic mass is 127. The molecule has 0 bridgehead atoms. The third-order valence-electron chi connectivity index (χ3n) is 9.13. The highest BCUT2D eigenvalue weighted by Gasteiger charge is 2.18. The molecule has 2 aliphatic rings. The molecule has 1 N–H and O–H groups in total. The van der Waals surface area contributed by atoms with Gasteiger partial charge in [0.2, 0.25) is 5.51 Å². The molecule has 5 heterocycles. The van der Waals surface area contributed by atoms with Gasteiger partial charge in [-0.25, -0.2) is 0 Å². The minimum absolute atomic E-state index is 0. The Morgan fingerprint density at radius 2 is 1.26 bits per heavy atom. The largest absolute Gasteiger partial charge is 1.00 e. The second-order valence-electron chi connectivity index (χ2n) is 14.1. The van der Waals surface area contributed by atoms with Gasteiger partial charge in [-0.1, -0.05) is 93.5 Å². The van der Waals surface area contributed by atoms with Gasteiger partial charge in [-0.3, -0.25) is 29.1 Å². The van der Waals surface area contributed by atoms with Crippen LogP contribution in [-0.2, 0) is 13.0 Å². The van der Waals surface area contributed by atoms with Crippen molar-refractivity contribution in [3.05, 3.63) is 124 Å². The van der Waals surface area contributed by atoms with E-state index in [-0.39, 0.29) is 61.2 Å². The number of pyridine rings is 2. The van der Waals surface area contributed by atoms with Crippen LogP contribution in [-0.4, -0.2) is 96.7 Å². The fourth-order valence-corrected chi connectivity index (χ4v) is 6.56. The molecule has 360 valence electrons. The molecule has 2 aromatic carbocycles. The molecule has 0 aliphatic carbocycles. The fraction of sp³-hybridized carbons (Fsp3) is 0.396. The van der Waals surface area contributed by atoms with E-state index < -0.39 is 0 Å². The van der Waals surface area contributed by atoms with E-state index in [1.165, 1.54) is 29.4 Å². The molecule has 13 nitrogen and oxygen atoms in total. The lowest BCUT2D eigenvalue weighted by Gasteiger charge is -2.18. The van der Waals surface area contributed by atoms with Crippen molar-refractivity contribution >= 4 is 103 Å². The second-order valence-corrected chi connectivity index (χ2v) is 26.8. The van der Waals surface area contributed by atoms with E-state index in [1.807, 2.05) is 19.0 Å². The van der Waals surface area contributed by atoms with Crippen LogP contribution < -0.4 is 40.5 Å². The number of fused-ring (bicyclic) bond motifs is 2. The van der Waals surface area contributed by atoms with Gasteiger partial charge in [0.15, 0.2) is 52.3 Å². The number of carbonyl (C=O) groups is 4. The van der Waals surface area contributed by atoms with Gasteiger partial charge in [0.1, 0.15) is 32.4 Å². The Labute approximate surface area is 445 Å². The smallest absolute Gasteiger partial charge is 0.225 e. The van der Waals surface area contributed by atoms with Crippen LogP contribution in [0.2, 0.25) is 0 Å². The molecule has 0 amide bonds. The summed E-state index contributed by atoms with van der Waals surface area (Å²) in [6.07, 6.45) is 9.91. The summed E-state index contributed by atoms with van der Waals surface area (Å²) in [6.45, 7) is 10.6. The topological polar surface area (TPSA) is 158 Å². The minimum atomic E-state index is -0.0887. The van der Waals surface area contributed by atoms with Crippen LogP contribution in [0.4, 0.5) is 0 Å². The summed E-state index contributed by atoms with van der Waals surface area (Å²) in [4.78, 5) is 57.0. The van der Waals surface area contributed by atoms with Gasteiger partial charge < -0.3 is 45.9 Å². The van der Waals surface area contributed by atoms with Gasteiger partial charge >= 0.3 is 0 Å². The van der Waals surface area contributed by atoms with Crippen molar-refractivity contribution in [3.63, 3.8) is 0 Å². The summed E-state index contributed by atoms with van der Waals surface area (Å²) in [5, 5.41) is 8.72. The Kier molecular flexibility index (Phi) is 30.8. The predicted molar refractivity (Wildman–Crippen MR) is 282 cm³/mol. The Morgan fingerprint density at radius 1 is 0.773 bits per heavy atom. The number of aryl methyl sites for hydroxylation is 1. The number of ketones is 3. The Morgan fingerprint density at radius 3 is 1.65 bits per heavy atom. The van der Waals surface area contributed by atoms with Crippen LogP contribution in [0.25, 0.3) is 0 Å². The molecule has 0 fully saturated rings. The van der Waals surface area contributed by atoms with E-state index in [1.54, 1.807) is 84.4 Å². The zero-order valence-electron chi connectivity index (χ0n) is 37.1. The van der Waals surface area contributed by atoms with Crippen LogP contribution in [0, 0.1) is 6.92 Å². The number of nitrogens with zero attached hydrogens (tertiary/aromatic N) is 4. The third kappa shape index (κ3) is 22.8. The molecule has 18 heteroatoms. The lowest BCUT2D eigenvalue weighted by atomic mass is 10.0. The molecule has 0 saturated heterocycles. The number of benzene rings is 2. The number of aliphatic hydroxyl groups excluding tert-OH is 1. The average molecular weight is 1330 g/mol. The van der Waals surface area contributed by atoms with Gasteiger partial charge in [-0.2, -0.15) is 4.57 Å². The minimum Gasteiger partial charge on any atom is -1.00 e. The molecule has 0 spiro atoms. The van der Waals surface area contributed by atoms with Crippen molar-refractivity contribution in [1.82, 2.24) is 14.9 Å². The quantitative estimate of drug-likeness (QED) is 0.0397. The third-order valence-corrected chi connectivity index (χ3v) is 12.6. The fourth-order valence-electron chi connectivity index (χ4n) is 5.50. The Hall–Kier alpha value is -3.16. The normalized spacial score (nSPS) is 11.7. The molecule has 3 aromatic heterocycles. The van der Waals surface area contributed by atoms with Crippen molar-refractivity contribution in [3.8, 4) is 23.0 Å². The molecule has 7 rings (SSSR count). The predicted octanol–water partition coefficient (Wildman–Crippen LogP) is 7.08. The number of aromatic nitrogens is 3. The summed E-state index contributed by atoms with van der Waals surface area (Å²) in [6, 6.07) is 17.3. The second kappa shape index (κ2) is 33.4. The summed E-state index contributed by atoms with van der Waals surface area (Å²) < 4.78 is 24.4. The van der Waals surface area contributed by atoms with E-state index >= 15 is 0 Å². The molecular weight excluding hydrogens is 1270 g/mol. The van der Waals surface area contributed by atoms with E-state index in [0.717, 1.165) is 31.5 Å². The summed E-state index contributed by atoms with van der Waals surface area (Å²) >= 11 is 8.97. The van der Waals surface area contributed by atoms with Crippen molar-refractivity contribution in [2.75, 3.05) is 53.7 Å². The number of aliphatic hydroxyl groups is 1. The van der Waals surface area contributed by atoms with Gasteiger partial charge in [-0.05, 0) is 88.1 Å². The highest BCUT2D eigenvalue weighted by Crippen LogP contribution is 2.38. The van der Waals surface area contributed by atoms with E-state index in [9.17, 15) is 19.2 Å². The van der Waals surface area contributed by atoms with Crippen LogP contribution in [0.1, 0.15) is 99.0 Å². The first kappa shape index (κ1) is 60.9. The van der Waals surface area contributed by atoms with Gasteiger partial charge in [0, 0.05) is 92.8 Å². The van der Waals surface area contributed by atoms with Gasteiger partial charge in [-0.15, -0.1) is 0 Å². The van der Waals surface area contributed by atoms with Gasteiger partial charge in [0.05, 0.1) is 4.88 Å². The maximum atomic E-state index is 12.2. The number of alkyl halides is 3. The monoisotopic (exact) mass is 1330 g/mol. The maximum absolute atomic E-state index is 12.2. The van der Waals surface area contributed by atoms with Crippen LogP contribution >= 0.6 is 79.1 Å². The number of hydrogen-bond acceptors (Lipinski definition) is 13. The van der Waals surface area contributed by atoms with E-state index in [4.69, 9.17) is 24.1 Å². The molecule has 5 aromatic rings. The van der Waals surface area contributed by atoms with Crippen molar-refractivity contribution in [2.45, 2.75) is 66.3 Å². The number of aldehydes is 1.